The van der Waals surface area contributed by atoms with Crippen LogP contribution in [0.4, 0.5) is 0 Å². The molecule has 1 aromatic carbocycles. The third-order valence-corrected chi connectivity index (χ3v) is 3.88. The Bertz CT molecular complexity index is 1020. The van der Waals surface area contributed by atoms with E-state index in [1.54, 1.807) is 42.7 Å². The Labute approximate surface area is 142 Å². The van der Waals surface area contributed by atoms with Crippen LogP contribution in [-0.4, -0.2) is 15.5 Å². The first-order valence-corrected chi connectivity index (χ1v) is 7.69. The number of H-pyrrole nitrogens is 1. The van der Waals surface area contributed by atoms with Crippen LogP contribution in [0.1, 0.15) is 16.1 Å². The number of nitrogens with one attached hydrogen (secondary N) is 2. The van der Waals surface area contributed by atoms with E-state index in [0.29, 0.717) is 40.1 Å². The summed E-state index contributed by atoms with van der Waals surface area (Å²) in [5.41, 5.74) is 0.743. The second-order valence-corrected chi connectivity index (χ2v) is 5.54. The van der Waals surface area contributed by atoms with Crippen molar-refractivity contribution in [1.29, 1.82) is 0 Å². The lowest BCUT2D eigenvalue weighted by Gasteiger charge is -2.08. The molecule has 2 N–H and O–H groups in total. The molecule has 0 saturated carbocycles. The van der Waals surface area contributed by atoms with Crippen LogP contribution in [0.5, 0.6) is 0 Å². The summed E-state index contributed by atoms with van der Waals surface area (Å²) in [6.07, 6.45) is 3.15. The van der Waals surface area contributed by atoms with Gasteiger partial charge >= 0.3 is 0 Å². The lowest BCUT2D eigenvalue weighted by Crippen LogP contribution is -2.24. The van der Waals surface area contributed by atoms with Crippen LogP contribution >= 0.6 is 12.2 Å². The van der Waals surface area contributed by atoms with Gasteiger partial charge in [-0.2, -0.15) is 0 Å². The average molecular weight is 341 g/mol. The number of fused-ring (bicyclic) bond motifs is 1. The number of benzene rings is 1. The van der Waals surface area contributed by atoms with Gasteiger partial charge in [-0.05, 0) is 42.5 Å². The Morgan fingerprint density at radius 3 is 2.96 bits per heavy atom. The molecule has 122 valence electrons. The SMILES string of the molecule is C=CCn1c(=S)[nH]c2cc(C(=O)NCc3ccco3)ccc2c1=O. The fourth-order valence-corrected chi connectivity index (χ4v) is 2.64. The Balaban J connectivity index is 1.92. The average Bonchev–Trinajstić information content (AvgIpc) is 3.09. The summed E-state index contributed by atoms with van der Waals surface area (Å²) in [5, 5.41) is 3.22. The van der Waals surface area contributed by atoms with Crippen LogP contribution in [0.2, 0.25) is 0 Å². The van der Waals surface area contributed by atoms with Gasteiger partial charge in [0.15, 0.2) is 4.77 Å². The van der Waals surface area contributed by atoms with Crippen LogP contribution in [0, 0.1) is 4.77 Å². The normalized spacial score (nSPS) is 10.7. The standard InChI is InChI=1S/C17H15N3O3S/c1-2-7-20-16(22)13-6-5-11(9-14(13)19-17(20)24)15(21)18-10-12-4-3-8-23-12/h2-6,8-9H,1,7,10H2,(H,18,21)(H,19,24). The van der Waals surface area contributed by atoms with Crippen molar-refractivity contribution in [3.8, 4) is 0 Å². The monoisotopic (exact) mass is 341 g/mol. The number of hydrogen-bond donors (Lipinski definition) is 2. The summed E-state index contributed by atoms with van der Waals surface area (Å²) in [6.45, 7) is 4.24. The van der Waals surface area contributed by atoms with Crippen molar-refractivity contribution in [2.45, 2.75) is 13.1 Å². The number of aromatic nitrogens is 2. The lowest BCUT2D eigenvalue weighted by atomic mass is 10.1. The highest BCUT2D eigenvalue weighted by atomic mass is 32.1. The third kappa shape index (κ3) is 3.07. The number of amides is 1. The number of rotatable bonds is 5. The molecular formula is C17H15N3O3S. The van der Waals surface area contributed by atoms with E-state index in [9.17, 15) is 9.59 Å². The van der Waals surface area contributed by atoms with Crippen LogP contribution in [0.25, 0.3) is 10.9 Å². The summed E-state index contributed by atoms with van der Waals surface area (Å²) in [5.74, 6) is 0.402. The molecule has 2 heterocycles. The van der Waals surface area contributed by atoms with Gasteiger partial charge in [0.05, 0.1) is 23.7 Å². The summed E-state index contributed by atoms with van der Waals surface area (Å²) >= 11 is 5.19. The van der Waals surface area contributed by atoms with Gasteiger partial charge in [0.1, 0.15) is 5.76 Å². The Morgan fingerprint density at radius 2 is 2.25 bits per heavy atom. The summed E-state index contributed by atoms with van der Waals surface area (Å²) in [7, 11) is 0. The summed E-state index contributed by atoms with van der Waals surface area (Å²) in [6, 6.07) is 8.37. The smallest absolute Gasteiger partial charge is 0.262 e. The molecule has 7 heteroatoms. The maximum atomic E-state index is 12.4. The fraction of sp³-hybridized carbons (Fsp3) is 0.118. The molecule has 0 aliphatic rings. The van der Waals surface area contributed by atoms with E-state index in [0.717, 1.165) is 0 Å². The first-order chi connectivity index (χ1) is 11.6. The van der Waals surface area contributed by atoms with Crippen LogP contribution in [-0.2, 0) is 13.1 Å². The van der Waals surface area contributed by atoms with Gasteiger partial charge in [0.25, 0.3) is 11.5 Å². The molecule has 6 nitrogen and oxygen atoms in total. The highest BCUT2D eigenvalue weighted by Gasteiger charge is 2.10. The van der Waals surface area contributed by atoms with Crippen molar-refractivity contribution in [1.82, 2.24) is 14.9 Å². The Hall–Kier alpha value is -2.93. The zero-order valence-electron chi connectivity index (χ0n) is 12.7. The van der Waals surface area contributed by atoms with Crippen LogP contribution < -0.4 is 10.9 Å². The zero-order valence-corrected chi connectivity index (χ0v) is 13.6. The van der Waals surface area contributed by atoms with E-state index < -0.39 is 0 Å². The van der Waals surface area contributed by atoms with E-state index in [2.05, 4.69) is 16.9 Å². The molecule has 0 bridgehead atoms. The van der Waals surface area contributed by atoms with Crippen molar-refractivity contribution >= 4 is 29.0 Å². The van der Waals surface area contributed by atoms with E-state index in [-0.39, 0.29) is 11.5 Å². The van der Waals surface area contributed by atoms with Crippen LogP contribution in [0.3, 0.4) is 0 Å². The zero-order chi connectivity index (χ0) is 17.1. The van der Waals surface area contributed by atoms with Gasteiger partial charge in [-0.1, -0.05) is 6.08 Å². The largest absolute Gasteiger partial charge is 0.467 e. The Kier molecular flexibility index (Phi) is 4.43. The molecule has 0 aliphatic heterocycles. The first-order valence-electron chi connectivity index (χ1n) is 7.28. The summed E-state index contributed by atoms with van der Waals surface area (Å²) in [4.78, 5) is 27.6. The maximum Gasteiger partial charge on any atom is 0.262 e. The van der Waals surface area contributed by atoms with Gasteiger partial charge in [-0.25, -0.2) is 0 Å². The first kappa shape index (κ1) is 15.9. The van der Waals surface area contributed by atoms with Crippen molar-refractivity contribution < 1.29 is 9.21 Å². The van der Waals surface area contributed by atoms with Crippen molar-refractivity contribution in [3.63, 3.8) is 0 Å². The van der Waals surface area contributed by atoms with Crippen molar-refractivity contribution in [2.75, 3.05) is 0 Å². The lowest BCUT2D eigenvalue weighted by molar-refractivity contribution is 0.0948. The number of carbonyl (C=O) groups is 1. The second kappa shape index (κ2) is 6.67. The van der Waals surface area contributed by atoms with Gasteiger partial charge in [0, 0.05) is 12.1 Å². The third-order valence-electron chi connectivity index (χ3n) is 3.56. The van der Waals surface area contributed by atoms with E-state index in [1.807, 2.05) is 0 Å². The summed E-state index contributed by atoms with van der Waals surface area (Å²) < 4.78 is 6.88. The number of furan rings is 1. The molecular weight excluding hydrogens is 326 g/mol. The van der Waals surface area contributed by atoms with Crippen LogP contribution in [0.15, 0.2) is 58.5 Å². The molecule has 24 heavy (non-hydrogen) atoms. The minimum atomic E-state index is -0.261. The highest BCUT2D eigenvalue weighted by Crippen LogP contribution is 2.11. The molecule has 0 atom stereocenters. The molecule has 3 rings (SSSR count). The molecule has 0 radical (unpaired) electrons. The molecule has 0 fully saturated rings. The van der Waals surface area contributed by atoms with Gasteiger partial charge in [-0.15, -0.1) is 6.58 Å². The number of carbonyl (C=O) groups excluding carboxylic acids is 1. The molecule has 0 aliphatic carbocycles. The molecule has 0 spiro atoms. The predicted octanol–water partition coefficient (Wildman–Crippen LogP) is 2.77. The Morgan fingerprint density at radius 1 is 1.42 bits per heavy atom. The minimum absolute atomic E-state index is 0.212. The van der Waals surface area contributed by atoms with E-state index >= 15 is 0 Å². The second-order valence-electron chi connectivity index (χ2n) is 5.16. The van der Waals surface area contributed by atoms with Gasteiger partial charge in [-0.3, -0.25) is 14.2 Å². The topological polar surface area (TPSA) is 80.0 Å². The molecule has 0 unspecified atom stereocenters. The maximum absolute atomic E-state index is 12.4. The molecule has 0 saturated heterocycles. The number of nitrogens with zero attached hydrogens (tertiary/aromatic N) is 1. The fourth-order valence-electron chi connectivity index (χ4n) is 2.37. The van der Waals surface area contributed by atoms with Gasteiger partial charge < -0.3 is 14.7 Å². The van der Waals surface area contributed by atoms with Crippen molar-refractivity contribution in [2.24, 2.45) is 0 Å². The van der Waals surface area contributed by atoms with E-state index in [4.69, 9.17) is 16.6 Å². The molecule has 2 aromatic heterocycles. The van der Waals surface area contributed by atoms with Crippen molar-refractivity contribution in [3.05, 3.63) is 75.7 Å². The quantitative estimate of drug-likeness (QED) is 0.552. The molecule has 3 aromatic rings. The minimum Gasteiger partial charge on any atom is -0.467 e. The highest BCUT2D eigenvalue weighted by molar-refractivity contribution is 7.71. The predicted molar refractivity (Wildman–Crippen MR) is 93.5 cm³/mol. The van der Waals surface area contributed by atoms with E-state index in [1.165, 1.54) is 4.57 Å². The van der Waals surface area contributed by atoms with Gasteiger partial charge in [0.2, 0.25) is 0 Å². The molecule has 1 amide bonds. The number of aromatic amines is 1. The number of allylic oxidation sites excluding steroid dienone is 1. The number of hydrogen-bond acceptors (Lipinski definition) is 4.